The molecule has 0 saturated heterocycles. The number of nitrogens with zero attached hydrogens (tertiary/aromatic N) is 2. The molecule has 6 heteroatoms. The van der Waals surface area contributed by atoms with Crippen molar-refractivity contribution in [1.82, 2.24) is 0 Å². The van der Waals surface area contributed by atoms with E-state index in [4.69, 9.17) is 4.74 Å². The Kier molecular flexibility index (Phi) is 5.66. The summed E-state index contributed by atoms with van der Waals surface area (Å²) in [6, 6.07) is 48.5. The molecule has 0 fully saturated rings. The molecule has 49 heavy (non-hydrogen) atoms. The van der Waals surface area contributed by atoms with E-state index >= 15 is 0 Å². The highest BCUT2D eigenvalue weighted by atomic mass is 32.2. The smallest absolute Gasteiger partial charge is 0.210 e. The normalized spacial score (nSPS) is 15.7. The zero-order chi connectivity index (χ0) is 33.1. The molecular formula is C43H30N2O3S. The Bertz CT molecular complexity index is 2610. The number of ether oxygens (including phenoxy) is 1. The number of benzene rings is 7. The van der Waals surface area contributed by atoms with Crippen LogP contribution < -0.4 is 14.5 Å². The topological polar surface area (TPSA) is 49.9 Å². The molecule has 0 N–H and O–H groups in total. The third kappa shape index (κ3) is 3.72. The standard InChI is InChI=1S/C43H30N2O3S/c1-43(2)30-16-6-5-15-29(30)41-31(43)23-24-37-42(41)48-38-20-10-7-17-34(38)44(37)32-25-26-33(28-14-4-3-13-27(28)32)45-35-18-8-11-21-39(35)49(46,47)40-22-12-9-19-36(40)45/h3-26H,1-2H3. The van der Waals surface area contributed by atoms with Crippen molar-refractivity contribution in [2.45, 2.75) is 29.1 Å². The zero-order valence-corrected chi connectivity index (χ0v) is 27.7. The van der Waals surface area contributed by atoms with Crippen LogP contribution in [0.4, 0.5) is 34.1 Å². The maximum absolute atomic E-state index is 13.8. The molecule has 0 bridgehead atoms. The summed E-state index contributed by atoms with van der Waals surface area (Å²) < 4.78 is 34.4. The molecule has 5 nitrogen and oxygen atoms in total. The van der Waals surface area contributed by atoms with Crippen LogP contribution in [0.15, 0.2) is 155 Å². The number of rotatable bonds is 2. The first-order valence-corrected chi connectivity index (χ1v) is 17.9. The van der Waals surface area contributed by atoms with Crippen LogP contribution in [0.25, 0.3) is 21.9 Å². The fraction of sp³-hybridized carbons (Fsp3) is 0.0698. The van der Waals surface area contributed by atoms with Crippen LogP contribution in [0.5, 0.6) is 11.5 Å². The van der Waals surface area contributed by atoms with Crippen LogP contribution in [0.1, 0.15) is 25.0 Å². The summed E-state index contributed by atoms with van der Waals surface area (Å²) in [6.45, 7) is 4.57. The predicted octanol–water partition coefficient (Wildman–Crippen LogP) is 11.3. The molecule has 3 aliphatic rings. The Morgan fingerprint density at radius 1 is 0.490 bits per heavy atom. The third-order valence-corrected chi connectivity index (χ3v) is 12.2. The van der Waals surface area contributed by atoms with Gasteiger partial charge in [-0.3, -0.25) is 0 Å². The van der Waals surface area contributed by atoms with Gasteiger partial charge in [0.15, 0.2) is 11.5 Å². The first-order chi connectivity index (χ1) is 23.9. The first kappa shape index (κ1) is 28.2. The minimum Gasteiger partial charge on any atom is -0.452 e. The summed E-state index contributed by atoms with van der Waals surface area (Å²) in [7, 11) is -3.69. The van der Waals surface area contributed by atoms with E-state index in [2.05, 4.69) is 96.4 Å². The van der Waals surface area contributed by atoms with E-state index in [1.165, 1.54) is 16.7 Å². The van der Waals surface area contributed by atoms with Gasteiger partial charge in [-0.15, -0.1) is 0 Å². The minimum atomic E-state index is -3.69. The van der Waals surface area contributed by atoms with E-state index in [-0.39, 0.29) is 5.41 Å². The van der Waals surface area contributed by atoms with Gasteiger partial charge >= 0.3 is 0 Å². The molecule has 0 atom stereocenters. The molecule has 0 amide bonds. The van der Waals surface area contributed by atoms with Crippen molar-refractivity contribution in [3.63, 3.8) is 0 Å². The van der Waals surface area contributed by atoms with Crippen molar-refractivity contribution in [1.29, 1.82) is 0 Å². The Morgan fingerprint density at radius 2 is 1.00 bits per heavy atom. The van der Waals surface area contributed by atoms with Gasteiger partial charge in [-0.1, -0.05) is 105 Å². The average Bonchev–Trinajstić information content (AvgIpc) is 3.37. The fourth-order valence-corrected chi connectivity index (χ4v) is 9.78. The number of anilines is 6. The molecule has 0 saturated carbocycles. The van der Waals surface area contributed by atoms with Gasteiger partial charge in [0, 0.05) is 21.8 Å². The zero-order valence-electron chi connectivity index (χ0n) is 26.9. The number of hydrogen-bond acceptors (Lipinski definition) is 5. The molecule has 0 unspecified atom stereocenters. The molecule has 0 spiro atoms. The monoisotopic (exact) mass is 654 g/mol. The number of fused-ring (bicyclic) bond motifs is 9. The Morgan fingerprint density at radius 3 is 1.67 bits per heavy atom. The van der Waals surface area contributed by atoms with Crippen LogP contribution in [0, 0.1) is 0 Å². The van der Waals surface area contributed by atoms with Crippen LogP contribution in [0.3, 0.4) is 0 Å². The highest BCUT2D eigenvalue weighted by molar-refractivity contribution is 7.92. The summed E-state index contributed by atoms with van der Waals surface area (Å²) in [4.78, 5) is 5.01. The molecule has 0 radical (unpaired) electrons. The van der Waals surface area contributed by atoms with Gasteiger partial charge in [0.25, 0.3) is 0 Å². The van der Waals surface area contributed by atoms with E-state index in [1.54, 1.807) is 24.3 Å². The van der Waals surface area contributed by atoms with Crippen molar-refractivity contribution in [3.05, 3.63) is 157 Å². The summed E-state index contributed by atoms with van der Waals surface area (Å²) in [5.41, 5.74) is 9.85. The molecular weight excluding hydrogens is 625 g/mol. The van der Waals surface area contributed by atoms with Crippen molar-refractivity contribution in [2.24, 2.45) is 0 Å². The Balaban J connectivity index is 1.23. The van der Waals surface area contributed by atoms with Crippen molar-refractivity contribution < 1.29 is 13.2 Å². The lowest BCUT2D eigenvalue weighted by atomic mass is 9.82. The lowest BCUT2D eigenvalue weighted by Gasteiger charge is -2.36. The molecule has 236 valence electrons. The maximum Gasteiger partial charge on any atom is 0.210 e. The quantitative estimate of drug-likeness (QED) is 0.186. The minimum absolute atomic E-state index is 0.158. The molecule has 10 rings (SSSR count). The van der Waals surface area contributed by atoms with Gasteiger partial charge in [0.2, 0.25) is 9.84 Å². The summed E-state index contributed by atoms with van der Waals surface area (Å²) in [6.07, 6.45) is 0. The molecule has 1 aliphatic carbocycles. The molecule has 7 aromatic carbocycles. The van der Waals surface area contributed by atoms with E-state index in [0.717, 1.165) is 50.6 Å². The second kappa shape index (κ2) is 9.84. The number of hydrogen-bond donors (Lipinski definition) is 0. The lowest BCUT2D eigenvalue weighted by molar-refractivity contribution is 0.478. The van der Waals surface area contributed by atoms with E-state index < -0.39 is 9.84 Å². The van der Waals surface area contributed by atoms with Gasteiger partial charge in [0.1, 0.15) is 0 Å². The van der Waals surface area contributed by atoms with Gasteiger partial charge in [0.05, 0.1) is 43.9 Å². The second-order valence-corrected chi connectivity index (χ2v) is 15.2. The highest BCUT2D eigenvalue weighted by Gasteiger charge is 2.41. The number of sulfone groups is 1. The van der Waals surface area contributed by atoms with Crippen molar-refractivity contribution in [2.75, 3.05) is 9.80 Å². The van der Waals surface area contributed by atoms with Crippen LogP contribution in [0.2, 0.25) is 0 Å². The second-order valence-electron chi connectivity index (χ2n) is 13.3. The fourth-order valence-electron chi connectivity index (χ4n) is 8.16. The summed E-state index contributed by atoms with van der Waals surface area (Å²) >= 11 is 0. The molecule has 7 aromatic rings. The van der Waals surface area contributed by atoms with Gasteiger partial charge in [-0.25, -0.2) is 8.42 Å². The van der Waals surface area contributed by atoms with E-state index in [1.807, 2.05) is 48.5 Å². The molecule has 2 heterocycles. The van der Waals surface area contributed by atoms with E-state index in [0.29, 0.717) is 21.2 Å². The largest absolute Gasteiger partial charge is 0.452 e. The van der Waals surface area contributed by atoms with Crippen molar-refractivity contribution in [3.8, 4) is 22.6 Å². The summed E-state index contributed by atoms with van der Waals surface area (Å²) in [5, 5.41) is 2.04. The third-order valence-electron chi connectivity index (χ3n) is 10.4. The number of para-hydroxylation sites is 4. The van der Waals surface area contributed by atoms with Gasteiger partial charge in [-0.05, 0) is 71.3 Å². The van der Waals surface area contributed by atoms with Crippen molar-refractivity contribution >= 4 is 54.7 Å². The van der Waals surface area contributed by atoms with Gasteiger partial charge in [-0.2, -0.15) is 0 Å². The first-order valence-electron chi connectivity index (χ1n) is 16.4. The highest BCUT2D eigenvalue weighted by Crippen LogP contribution is 2.61. The molecule has 0 aromatic heterocycles. The Labute approximate surface area is 285 Å². The Hall–Kier alpha value is -5.85. The van der Waals surface area contributed by atoms with Gasteiger partial charge < -0.3 is 14.5 Å². The summed E-state index contributed by atoms with van der Waals surface area (Å²) in [5.74, 6) is 1.65. The maximum atomic E-state index is 13.8. The van der Waals surface area contributed by atoms with E-state index in [9.17, 15) is 8.42 Å². The lowest BCUT2D eigenvalue weighted by Crippen LogP contribution is -2.22. The van der Waals surface area contributed by atoms with Crippen LogP contribution in [-0.4, -0.2) is 8.42 Å². The van der Waals surface area contributed by atoms with Crippen LogP contribution >= 0.6 is 0 Å². The average molecular weight is 655 g/mol. The van der Waals surface area contributed by atoms with Crippen LogP contribution in [-0.2, 0) is 15.3 Å². The molecule has 2 aliphatic heterocycles. The predicted molar refractivity (Wildman–Crippen MR) is 196 cm³/mol. The SMILES string of the molecule is CC1(C)c2ccccc2-c2c1ccc1c2Oc2ccccc2N1c1ccc(N2c3ccccc3S(=O)(=O)c3ccccc32)c2ccccc12.